The molecule has 3 N–H and O–H groups in total. The van der Waals surface area contributed by atoms with Crippen LogP contribution in [-0.2, 0) is 6.42 Å². The molecule has 0 amide bonds. The van der Waals surface area contributed by atoms with Gasteiger partial charge >= 0.3 is 0 Å². The Labute approximate surface area is 127 Å². The van der Waals surface area contributed by atoms with Crippen molar-refractivity contribution in [2.75, 3.05) is 6.54 Å². The summed E-state index contributed by atoms with van der Waals surface area (Å²) in [6.07, 6.45) is 7.89. The highest BCUT2D eigenvalue weighted by Crippen LogP contribution is 2.48. The Hall–Kier alpha value is -0.380. The topological polar surface area (TPSA) is 46.2 Å². The van der Waals surface area contributed by atoms with Crippen molar-refractivity contribution in [1.82, 2.24) is 0 Å². The van der Waals surface area contributed by atoms with E-state index in [0.717, 1.165) is 30.1 Å². The summed E-state index contributed by atoms with van der Waals surface area (Å²) in [5.41, 5.74) is 6.00. The van der Waals surface area contributed by atoms with Crippen molar-refractivity contribution in [3.63, 3.8) is 0 Å². The molecular formula is C17H29NOS. The predicted molar refractivity (Wildman–Crippen MR) is 87.0 cm³/mol. The molecule has 0 radical (unpaired) electrons. The minimum atomic E-state index is -0.375. The van der Waals surface area contributed by atoms with E-state index in [1.165, 1.54) is 30.6 Å². The lowest BCUT2D eigenvalue weighted by molar-refractivity contribution is -0.00859. The van der Waals surface area contributed by atoms with Crippen molar-refractivity contribution >= 4 is 11.3 Å². The first-order valence-electron chi connectivity index (χ1n) is 8.12. The third-order valence-corrected chi connectivity index (χ3v) is 6.37. The summed E-state index contributed by atoms with van der Waals surface area (Å²) in [4.78, 5) is 2.46. The molecule has 1 unspecified atom stereocenters. The number of thiophene rings is 1. The second kappa shape index (κ2) is 7.06. The van der Waals surface area contributed by atoms with E-state index in [2.05, 4.69) is 26.0 Å². The van der Waals surface area contributed by atoms with Crippen molar-refractivity contribution in [3.8, 4) is 0 Å². The minimum Gasteiger partial charge on any atom is -0.387 e. The third kappa shape index (κ3) is 3.26. The standard InChI is InChI=1S/C17H29NOS/c1-3-5-13-8-10-17(12-18,11-9-13)16(19)15-7-6-14(4-2)20-15/h6-7,13,16,19H,3-5,8-12,18H2,1-2H3. The third-order valence-electron chi connectivity index (χ3n) is 5.08. The van der Waals surface area contributed by atoms with E-state index in [4.69, 9.17) is 5.73 Å². The Bertz CT molecular complexity index is 407. The number of rotatable bonds is 6. The first kappa shape index (κ1) is 16.0. The van der Waals surface area contributed by atoms with Gasteiger partial charge in [-0.1, -0.05) is 26.7 Å². The molecule has 1 aromatic heterocycles. The fraction of sp³-hybridized carbons (Fsp3) is 0.765. The van der Waals surface area contributed by atoms with E-state index in [0.29, 0.717) is 6.54 Å². The zero-order chi connectivity index (χ0) is 14.6. The summed E-state index contributed by atoms with van der Waals surface area (Å²) in [6.45, 7) is 5.03. The van der Waals surface area contributed by atoms with Crippen molar-refractivity contribution < 1.29 is 5.11 Å². The predicted octanol–water partition coefficient (Wildman–Crippen LogP) is 4.28. The maximum Gasteiger partial charge on any atom is 0.0950 e. The summed E-state index contributed by atoms with van der Waals surface area (Å²) >= 11 is 1.75. The van der Waals surface area contributed by atoms with Crippen LogP contribution in [0.1, 0.15) is 68.2 Å². The van der Waals surface area contributed by atoms with Gasteiger partial charge in [-0.15, -0.1) is 11.3 Å². The van der Waals surface area contributed by atoms with Crippen LogP contribution in [0.2, 0.25) is 0 Å². The smallest absolute Gasteiger partial charge is 0.0950 e. The van der Waals surface area contributed by atoms with Crippen LogP contribution in [0.5, 0.6) is 0 Å². The SMILES string of the molecule is CCCC1CCC(CN)(C(O)c2ccc(CC)s2)CC1. The first-order chi connectivity index (χ1) is 9.65. The van der Waals surface area contributed by atoms with Gasteiger partial charge in [0.15, 0.2) is 0 Å². The fourth-order valence-corrected chi connectivity index (χ4v) is 4.65. The summed E-state index contributed by atoms with van der Waals surface area (Å²) in [5.74, 6) is 0.849. The van der Waals surface area contributed by atoms with Crippen LogP contribution < -0.4 is 5.73 Å². The highest BCUT2D eigenvalue weighted by molar-refractivity contribution is 7.12. The highest BCUT2D eigenvalue weighted by atomic mass is 32.1. The maximum atomic E-state index is 10.9. The van der Waals surface area contributed by atoms with E-state index < -0.39 is 0 Å². The molecule has 1 aliphatic carbocycles. The number of hydrogen-bond acceptors (Lipinski definition) is 3. The van der Waals surface area contributed by atoms with Crippen molar-refractivity contribution in [2.24, 2.45) is 17.1 Å². The highest BCUT2D eigenvalue weighted by Gasteiger charge is 2.41. The van der Waals surface area contributed by atoms with Crippen LogP contribution in [0.15, 0.2) is 12.1 Å². The van der Waals surface area contributed by atoms with E-state index in [1.54, 1.807) is 11.3 Å². The Kier molecular flexibility index (Phi) is 5.65. The molecule has 20 heavy (non-hydrogen) atoms. The summed E-state index contributed by atoms with van der Waals surface area (Å²) in [7, 11) is 0. The quantitative estimate of drug-likeness (QED) is 0.823. The van der Waals surface area contributed by atoms with Crippen LogP contribution >= 0.6 is 11.3 Å². The van der Waals surface area contributed by atoms with E-state index in [1.807, 2.05) is 0 Å². The molecule has 114 valence electrons. The van der Waals surface area contributed by atoms with Crippen molar-refractivity contribution in [2.45, 2.75) is 64.9 Å². The van der Waals surface area contributed by atoms with Crippen LogP contribution in [0.3, 0.4) is 0 Å². The average Bonchev–Trinajstić information content (AvgIpc) is 2.97. The molecule has 1 atom stereocenters. The molecule has 1 saturated carbocycles. The zero-order valence-electron chi connectivity index (χ0n) is 12.9. The van der Waals surface area contributed by atoms with Crippen LogP contribution in [-0.4, -0.2) is 11.7 Å². The molecule has 0 spiro atoms. The normalized spacial score (nSPS) is 28.5. The summed E-state index contributed by atoms with van der Waals surface area (Å²) in [6, 6.07) is 4.25. The second-order valence-electron chi connectivity index (χ2n) is 6.36. The van der Waals surface area contributed by atoms with Gasteiger partial charge in [0, 0.05) is 21.7 Å². The number of aliphatic hydroxyl groups is 1. The van der Waals surface area contributed by atoms with Gasteiger partial charge in [-0.05, 0) is 50.2 Å². The van der Waals surface area contributed by atoms with Gasteiger partial charge in [0.25, 0.3) is 0 Å². The van der Waals surface area contributed by atoms with Crippen LogP contribution in [0.4, 0.5) is 0 Å². The number of hydrogen-bond donors (Lipinski definition) is 2. The molecule has 1 aromatic rings. The molecule has 0 aliphatic heterocycles. The number of aliphatic hydroxyl groups excluding tert-OH is 1. The molecule has 0 saturated heterocycles. The van der Waals surface area contributed by atoms with Gasteiger partial charge in [-0.3, -0.25) is 0 Å². The van der Waals surface area contributed by atoms with E-state index in [9.17, 15) is 5.11 Å². The van der Waals surface area contributed by atoms with Crippen LogP contribution in [0.25, 0.3) is 0 Å². The molecule has 0 bridgehead atoms. The van der Waals surface area contributed by atoms with E-state index in [-0.39, 0.29) is 11.5 Å². The summed E-state index contributed by atoms with van der Waals surface area (Å²) < 4.78 is 0. The molecule has 2 rings (SSSR count). The Morgan fingerprint density at radius 1 is 1.35 bits per heavy atom. The molecule has 1 heterocycles. The molecule has 1 aliphatic rings. The molecular weight excluding hydrogens is 266 g/mol. The number of aryl methyl sites for hydroxylation is 1. The Morgan fingerprint density at radius 2 is 2.05 bits per heavy atom. The number of nitrogens with two attached hydrogens (primary N) is 1. The zero-order valence-corrected chi connectivity index (χ0v) is 13.7. The van der Waals surface area contributed by atoms with Gasteiger partial charge < -0.3 is 10.8 Å². The maximum absolute atomic E-state index is 10.9. The lowest BCUT2D eigenvalue weighted by atomic mass is 9.66. The summed E-state index contributed by atoms with van der Waals surface area (Å²) in [5, 5.41) is 10.9. The molecule has 3 heteroatoms. The Morgan fingerprint density at radius 3 is 2.55 bits per heavy atom. The van der Waals surface area contributed by atoms with Gasteiger partial charge in [0.05, 0.1) is 6.10 Å². The average molecular weight is 295 g/mol. The van der Waals surface area contributed by atoms with Gasteiger partial charge in [-0.25, -0.2) is 0 Å². The lowest BCUT2D eigenvalue weighted by Gasteiger charge is -2.42. The fourth-order valence-electron chi connectivity index (χ4n) is 3.57. The molecule has 1 fully saturated rings. The minimum absolute atomic E-state index is 0.0832. The molecule has 0 aromatic carbocycles. The van der Waals surface area contributed by atoms with Gasteiger partial charge in [0.1, 0.15) is 0 Å². The van der Waals surface area contributed by atoms with Gasteiger partial charge in [0.2, 0.25) is 0 Å². The van der Waals surface area contributed by atoms with Crippen LogP contribution in [0, 0.1) is 11.3 Å². The lowest BCUT2D eigenvalue weighted by Crippen LogP contribution is -2.40. The van der Waals surface area contributed by atoms with Crippen molar-refractivity contribution in [3.05, 3.63) is 21.9 Å². The second-order valence-corrected chi connectivity index (χ2v) is 7.56. The molecule has 2 nitrogen and oxygen atoms in total. The Balaban J connectivity index is 2.07. The first-order valence-corrected chi connectivity index (χ1v) is 8.93. The largest absolute Gasteiger partial charge is 0.387 e. The monoisotopic (exact) mass is 295 g/mol. The van der Waals surface area contributed by atoms with E-state index >= 15 is 0 Å². The van der Waals surface area contributed by atoms with Gasteiger partial charge in [-0.2, -0.15) is 0 Å². The van der Waals surface area contributed by atoms with Crippen molar-refractivity contribution in [1.29, 1.82) is 0 Å².